The van der Waals surface area contributed by atoms with Crippen LogP contribution in [0.4, 0.5) is 4.39 Å². The van der Waals surface area contributed by atoms with Crippen molar-refractivity contribution < 1.29 is 9.24 Å². The van der Waals surface area contributed by atoms with Crippen LogP contribution in [0.3, 0.4) is 0 Å². The predicted octanol–water partition coefficient (Wildman–Crippen LogP) is 1.30. The topological polar surface area (TPSA) is 44.8 Å². The summed E-state index contributed by atoms with van der Waals surface area (Å²) in [5.74, 6) is -0.413. The van der Waals surface area contributed by atoms with Gasteiger partial charge in [0, 0.05) is 6.07 Å². The van der Waals surface area contributed by atoms with E-state index in [1.807, 2.05) is 0 Å². The van der Waals surface area contributed by atoms with Gasteiger partial charge in [-0.2, -0.15) is 0 Å². The molecule has 0 fully saturated rings. The van der Waals surface area contributed by atoms with Crippen molar-refractivity contribution in [2.75, 3.05) is 0 Å². The Bertz CT molecular complexity index is 518. The Morgan fingerprint density at radius 2 is 2.36 bits per heavy atom. The van der Waals surface area contributed by atoms with Crippen LogP contribution in [0, 0.1) is 11.0 Å². The second-order valence-electron chi connectivity index (χ2n) is 3.03. The largest absolute Gasteiger partial charge is 0.692 e. The Hall–Kier alpha value is -1.91. The minimum atomic E-state index is -0.413. The lowest BCUT2D eigenvalue weighted by Crippen LogP contribution is -2.37. The van der Waals surface area contributed by atoms with E-state index >= 15 is 0 Å². The zero-order chi connectivity index (χ0) is 10.3. The molecule has 5 heteroatoms. The summed E-state index contributed by atoms with van der Waals surface area (Å²) in [6, 6.07) is 3.83. The quantitative estimate of drug-likeness (QED) is 0.506. The van der Waals surface area contributed by atoms with Gasteiger partial charge < -0.3 is 5.21 Å². The highest BCUT2D eigenvalue weighted by atomic mass is 19.1. The van der Waals surface area contributed by atoms with E-state index < -0.39 is 5.82 Å². The summed E-state index contributed by atoms with van der Waals surface area (Å²) in [4.78, 5) is 1.67. The van der Waals surface area contributed by atoms with E-state index in [-0.39, 0.29) is 0 Å². The van der Waals surface area contributed by atoms with Crippen LogP contribution >= 0.6 is 0 Å². The molecule has 72 valence electrons. The first-order valence-electron chi connectivity index (χ1n) is 4.03. The zero-order valence-corrected chi connectivity index (χ0v) is 7.57. The highest BCUT2D eigenvalue weighted by Crippen LogP contribution is 2.10. The molecule has 0 aliphatic heterocycles. The second-order valence-corrected chi connectivity index (χ2v) is 3.03. The van der Waals surface area contributed by atoms with Crippen LogP contribution in [-0.4, -0.2) is 9.90 Å². The van der Waals surface area contributed by atoms with Gasteiger partial charge in [0.15, 0.2) is 0 Å². The fourth-order valence-corrected chi connectivity index (χ4v) is 1.22. The van der Waals surface area contributed by atoms with Gasteiger partial charge in [-0.25, -0.2) is 4.39 Å². The monoisotopic (exact) mass is 193 g/mol. The van der Waals surface area contributed by atoms with Gasteiger partial charge in [-0.1, -0.05) is 6.58 Å². The van der Waals surface area contributed by atoms with E-state index in [9.17, 15) is 9.60 Å². The van der Waals surface area contributed by atoms with Gasteiger partial charge in [-0.15, -0.1) is 4.85 Å². The predicted molar refractivity (Wildman–Crippen MR) is 49.7 cm³/mol. The lowest BCUT2D eigenvalue weighted by molar-refractivity contribution is -0.663. The van der Waals surface area contributed by atoms with E-state index in [0.717, 1.165) is 4.80 Å². The van der Waals surface area contributed by atoms with Crippen molar-refractivity contribution in [3.05, 3.63) is 35.8 Å². The number of allylic oxidation sites excluding steroid dienone is 1. The Morgan fingerprint density at radius 1 is 1.64 bits per heavy atom. The normalized spacial score (nSPS) is 10.7. The van der Waals surface area contributed by atoms with Crippen LogP contribution < -0.4 is 4.85 Å². The molecule has 0 N–H and O–H groups in total. The Kier molecular flexibility index (Phi) is 1.73. The number of hydrogen-bond donors (Lipinski definition) is 0. The van der Waals surface area contributed by atoms with Gasteiger partial charge in [-0.05, 0) is 23.9 Å². The third kappa shape index (κ3) is 1.14. The number of nitrogens with zero attached hydrogens (tertiary/aromatic N) is 3. The summed E-state index contributed by atoms with van der Waals surface area (Å²) >= 11 is 0. The standard InChI is InChI=1S/C9H8FN3O/c1-6(2)12-11-8-5-7(10)3-4-9(8)13(12)14/h3-5H,1H2,2H3. The lowest BCUT2D eigenvalue weighted by Gasteiger charge is -2.01. The molecule has 0 bridgehead atoms. The van der Waals surface area contributed by atoms with Gasteiger partial charge in [-0.3, -0.25) is 0 Å². The molecule has 4 nitrogen and oxygen atoms in total. The SMILES string of the molecule is C=C(C)n1nc2cc(F)ccc2[n+]1[O-]. The molecule has 1 heterocycles. The van der Waals surface area contributed by atoms with Crippen molar-refractivity contribution in [3.8, 4) is 0 Å². The molecule has 2 aromatic rings. The third-order valence-corrected chi connectivity index (χ3v) is 1.86. The highest BCUT2D eigenvalue weighted by molar-refractivity contribution is 5.70. The molecular weight excluding hydrogens is 185 g/mol. The van der Waals surface area contributed by atoms with E-state index in [2.05, 4.69) is 11.7 Å². The van der Waals surface area contributed by atoms with Gasteiger partial charge >= 0.3 is 0 Å². The van der Waals surface area contributed by atoms with Crippen molar-refractivity contribution in [2.45, 2.75) is 6.92 Å². The molecule has 14 heavy (non-hydrogen) atoms. The summed E-state index contributed by atoms with van der Waals surface area (Å²) in [7, 11) is 0. The molecule has 0 aliphatic carbocycles. The molecule has 0 amide bonds. The summed E-state index contributed by atoms with van der Waals surface area (Å²) < 4.78 is 12.8. The molecule has 0 unspecified atom stereocenters. The number of fused-ring (bicyclic) bond motifs is 1. The zero-order valence-electron chi connectivity index (χ0n) is 7.57. The number of hydrogen-bond acceptors (Lipinski definition) is 2. The molecule has 0 spiro atoms. The minimum Gasteiger partial charge on any atom is -0.692 e. The molecular formula is C9H8FN3O. The summed E-state index contributed by atoms with van der Waals surface area (Å²) in [5.41, 5.74) is 1.13. The molecule has 0 radical (unpaired) electrons. The van der Waals surface area contributed by atoms with Crippen LogP contribution in [0.25, 0.3) is 16.7 Å². The van der Waals surface area contributed by atoms with Gasteiger partial charge in [0.25, 0.3) is 5.52 Å². The lowest BCUT2D eigenvalue weighted by atomic mass is 10.3. The van der Waals surface area contributed by atoms with Gasteiger partial charge in [0.1, 0.15) is 5.82 Å². The fourth-order valence-electron chi connectivity index (χ4n) is 1.22. The fraction of sp³-hybridized carbons (Fsp3) is 0.111. The average Bonchev–Trinajstić information content (AvgIpc) is 2.43. The molecule has 0 atom stereocenters. The molecule has 2 rings (SSSR count). The molecule has 1 aromatic carbocycles. The number of halogens is 1. The van der Waals surface area contributed by atoms with Crippen LogP contribution in [0.5, 0.6) is 0 Å². The summed E-state index contributed by atoms with van der Waals surface area (Å²) in [6.45, 7) is 5.24. The van der Waals surface area contributed by atoms with Crippen LogP contribution in [-0.2, 0) is 0 Å². The van der Waals surface area contributed by atoms with Crippen molar-refractivity contribution in [3.63, 3.8) is 0 Å². The van der Waals surface area contributed by atoms with Crippen LogP contribution in [0.15, 0.2) is 24.8 Å². The molecule has 0 saturated carbocycles. The van der Waals surface area contributed by atoms with E-state index in [4.69, 9.17) is 0 Å². The van der Waals surface area contributed by atoms with Crippen molar-refractivity contribution in [1.29, 1.82) is 0 Å². The highest BCUT2D eigenvalue weighted by Gasteiger charge is 2.14. The Balaban J connectivity index is 2.79. The van der Waals surface area contributed by atoms with E-state index in [0.29, 0.717) is 21.6 Å². The maximum atomic E-state index is 12.8. The maximum Gasteiger partial charge on any atom is 0.253 e. The molecule has 0 saturated heterocycles. The number of aromatic nitrogens is 3. The third-order valence-electron chi connectivity index (χ3n) is 1.86. The number of benzene rings is 1. The first kappa shape index (κ1) is 8.68. The summed E-state index contributed by atoms with van der Waals surface area (Å²) in [6.07, 6.45) is 0. The van der Waals surface area contributed by atoms with Gasteiger partial charge in [0.05, 0.1) is 10.8 Å². The van der Waals surface area contributed by atoms with Crippen molar-refractivity contribution >= 4 is 16.7 Å². The second kappa shape index (κ2) is 2.80. The van der Waals surface area contributed by atoms with Crippen LogP contribution in [0.2, 0.25) is 0 Å². The Labute approximate surface area is 79.4 Å². The average molecular weight is 193 g/mol. The molecule has 0 aliphatic rings. The van der Waals surface area contributed by atoms with Crippen molar-refractivity contribution in [1.82, 2.24) is 9.90 Å². The van der Waals surface area contributed by atoms with Crippen molar-refractivity contribution in [2.24, 2.45) is 0 Å². The summed E-state index contributed by atoms with van der Waals surface area (Å²) in [5, 5.41) is 15.4. The first-order valence-corrected chi connectivity index (χ1v) is 4.03. The maximum absolute atomic E-state index is 12.8. The van der Waals surface area contributed by atoms with Crippen LogP contribution in [0.1, 0.15) is 6.92 Å². The number of rotatable bonds is 1. The molecule has 1 aromatic heterocycles. The van der Waals surface area contributed by atoms with Gasteiger partial charge in [0.2, 0.25) is 5.52 Å². The van der Waals surface area contributed by atoms with E-state index in [1.165, 1.54) is 18.2 Å². The van der Waals surface area contributed by atoms with E-state index in [1.54, 1.807) is 6.92 Å². The Morgan fingerprint density at radius 3 is 3.00 bits per heavy atom. The minimum absolute atomic E-state index is 0.322. The first-order chi connectivity index (χ1) is 6.59. The smallest absolute Gasteiger partial charge is 0.253 e.